The molecule has 0 bridgehead atoms. The standard InChI is InChI=1S/C19H21FN2O2/c1-4-14-17(11(3)23)10(2)21-18(14)19(24)22-16-9-15(16)12-6-5-7-13(20)8-12/h5-8,15-16,21H,4,9H2,1-3H3,(H,22,24). The molecular formula is C19H21FN2O2. The molecule has 5 heteroatoms. The molecule has 3 rings (SSSR count). The summed E-state index contributed by atoms with van der Waals surface area (Å²) in [4.78, 5) is 27.4. The normalized spacial score (nSPS) is 19.2. The highest BCUT2D eigenvalue weighted by atomic mass is 19.1. The van der Waals surface area contributed by atoms with Gasteiger partial charge in [0.15, 0.2) is 5.78 Å². The Balaban J connectivity index is 1.75. The van der Waals surface area contributed by atoms with E-state index < -0.39 is 0 Å². The van der Waals surface area contributed by atoms with E-state index in [-0.39, 0.29) is 29.5 Å². The molecule has 0 radical (unpaired) electrons. The second-order valence-corrected chi connectivity index (χ2v) is 6.37. The smallest absolute Gasteiger partial charge is 0.268 e. The Bertz CT molecular complexity index is 810. The van der Waals surface area contributed by atoms with Crippen LogP contribution < -0.4 is 5.32 Å². The number of benzene rings is 1. The summed E-state index contributed by atoms with van der Waals surface area (Å²) in [7, 11) is 0. The monoisotopic (exact) mass is 328 g/mol. The molecular weight excluding hydrogens is 307 g/mol. The number of aromatic nitrogens is 1. The lowest BCUT2D eigenvalue weighted by atomic mass is 10.0. The van der Waals surface area contributed by atoms with E-state index in [2.05, 4.69) is 10.3 Å². The summed E-state index contributed by atoms with van der Waals surface area (Å²) < 4.78 is 13.3. The fraction of sp³-hybridized carbons (Fsp3) is 0.368. The summed E-state index contributed by atoms with van der Waals surface area (Å²) in [5.41, 5.74) is 3.47. The molecule has 2 N–H and O–H groups in total. The third-order valence-corrected chi connectivity index (χ3v) is 4.61. The highest BCUT2D eigenvalue weighted by molar-refractivity contribution is 6.02. The van der Waals surface area contributed by atoms with Crippen molar-refractivity contribution in [1.29, 1.82) is 0 Å². The number of hydrogen-bond donors (Lipinski definition) is 2. The number of aryl methyl sites for hydroxylation is 1. The summed E-state index contributed by atoms with van der Waals surface area (Å²) in [6.07, 6.45) is 1.41. The molecule has 1 aromatic carbocycles. The summed E-state index contributed by atoms with van der Waals surface area (Å²) in [5.74, 6) is -0.350. The van der Waals surface area contributed by atoms with Crippen molar-refractivity contribution in [2.45, 2.75) is 45.6 Å². The molecule has 2 unspecified atom stereocenters. The minimum absolute atomic E-state index is 0.00777. The number of aromatic amines is 1. The van der Waals surface area contributed by atoms with Crippen LogP contribution in [0, 0.1) is 12.7 Å². The van der Waals surface area contributed by atoms with Crippen LogP contribution in [0.4, 0.5) is 4.39 Å². The van der Waals surface area contributed by atoms with Crippen LogP contribution in [0.25, 0.3) is 0 Å². The fourth-order valence-corrected chi connectivity index (χ4v) is 3.40. The van der Waals surface area contributed by atoms with Gasteiger partial charge in [-0.25, -0.2) is 4.39 Å². The van der Waals surface area contributed by atoms with Gasteiger partial charge in [0, 0.05) is 23.2 Å². The molecule has 126 valence electrons. The zero-order valence-corrected chi connectivity index (χ0v) is 14.1. The van der Waals surface area contributed by atoms with Gasteiger partial charge in [-0.15, -0.1) is 0 Å². The number of halogens is 1. The number of H-pyrrole nitrogens is 1. The molecule has 4 nitrogen and oxygen atoms in total. The Morgan fingerprint density at radius 3 is 2.75 bits per heavy atom. The molecule has 0 spiro atoms. The van der Waals surface area contributed by atoms with Crippen LogP contribution in [0.15, 0.2) is 24.3 Å². The van der Waals surface area contributed by atoms with Crippen molar-refractivity contribution in [2.75, 3.05) is 0 Å². The molecule has 0 aliphatic heterocycles. The van der Waals surface area contributed by atoms with Gasteiger partial charge in [0.05, 0.1) is 0 Å². The number of carbonyl (C=O) groups is 2. The quantitative estimate of drug-likeness (QED) is 0.825. The van der Waals surface area contributed by atoms with Crippen molar-refractivity contribution in [3.8, 4) is 0 Å². The lowest BCUT2D eigenvalue weighted by Crippen LogP contribution is -2.27. The van der Waals surface area contributed by atoms with Crippen molar-refractivity contribution in [2.24, 2.45) is 0 Å². The number of ketones is 1. The molecule has 2 atom stereocenters. The van der Waals surface area contributed by atoms with Crippen LogP contribution in [0.1, 0.15) is 63.9 Å². The summed E-state index contributed by atoms with van der Waals surface area (Å²) in [6, 6.07) is 6.50. The summed E-state index contributed by atoms with van der Waals surface area (Å²) in [6.45, 7) is 5.25. The van der Waals surface area contributed by atoms with Gasteiger partial charge in [-0.1, -0.05) is 19.1 Å². The first kappa shape index (κ1) is 16.4. The SMILES string of the molecule is CCc1c(C(=O)NC2CC2c2cccc(F)c2)[nH]c(C)c1C(C)=O. The molecule has 24 heavy (non-hydrogen) atoms. The van der Waals surface area contributed by atoms with Gasteiger partial charge in [0.2, 0.25) is 0 Å². The van der Waals surface area contributed by atoms with E-state index in [1.807, 2.05) is 13.0 Å². The van der Waals surface area contributed by atoms with Crippen molar-refractivity contribution in [3.05, 3.63) is 58.2 Å². The first-order chi connectivity index (χ1) is 11.4. The highest BCUT2D eigenvalue weighted by Crippen LogP contribution is 2.41. The molecule has 1 heterocycles. The minimum Gasteiger partial charge on any atom is -0.354 e. The fourth-order valence-electron chi connectivity index (χ4n) is 3.40. The predicted octanol–water partition coefficient (Wildman–Crippen LogP) is 3.51. The van der Waals surface area contributed by atoms with E-state index in [0.717, 1.165) is 23.2 Å². The number of hydrogen-bond acceptors (Lipinski definition) is 2. The van der Waals surface area contributed by atoms with E-state index in [9.17, 15) is 14.0 Å². The van der Waals surface area contributed by atoms with Crippen molar-refractivity contribution >= 4 is 11.7 Å². The van der Waals surface area contributed by atoms with Gasteiger partial charge in [-0.2, -0.15) is 0 Å². The van der Waals surface area contributed by atoms with Crippen LogP contribution >= 0.6 is 0 Å². The molecule has 1 fully saturated rings. The number of rotatable bonds is 5. The van der Waals surface area contributed by atoms with Crippen molar-refractivity contribution in [1.82, 2.24) is 10.3 Å². The zero-order valence-electron chi connectivity index (χ0n) is 14.1. The number of carbonyl (C=O) groups excluding carboxylic acids is 2. The van der Waals surface area contributed by atoms with E-state index in [4.69, 9.17) is 0 Å². The van der Waals surface area contributed by atoms with E-state index >= 15 is 0 Å². The van der Waals surface area contributed by atoms with Gasteiger partial charge in [0.1, 0.15) is 11.5 Å². The molecule has 1 aromatic heterocycles. The van der Waals surface area contributed by atoms with Gasteiger partial charge < -0.3 is 10.3 Å². The lowest BCUT2D eigenvalue weighted by Gasteiger charge is -2.06. The Morgan fingerprint density at radius 1 is 1.38 bits per heavy atom. The lowest BCUT2D eigenvalue weighted by molar-refractivity contribution is 0.0944. The largest absolute Gasteiger partial charge is 0.354 e. The van der Waals surface area contributed by atoms with Gasteiger partial charge in [-0.3, -0.25) is 9.59 Å². The average molecular weight is 328 g/mol. The van der Waals surface area contributed by atoms with Gasteiger partial charge >= 0.3 is 0 Å². The molecule has 1 aliphatic carbocycles. The van der Waals surface area contributed by atoms with Crippen LogP contribution in [-0.2, 0) is 6.42 Å². The first-order valence-electron chi connectivity index (χ1n) is 8.21. The molecule has 1 aliphatic rings. The topological polar surface area (TPSA) is 62.0 Å². The Morgan fingerprint density at radius 2 is 2.12 bits per heavy atom. The summed E-state index contributed by atoms with van der Waals surface area (Å²) >= 11 is 0. The second kappa shape index (κ2) is 6.23. The van der Waals surface area contributed by atoms with Gasteiger partial charge in [-0.05, 0) is 49.9 Å². The van der Waals surface area contributed by atoms with Crippen LogP contribution in [-0.4, -0.2) is 22.7 Å². The minimum atomic E-state index is -0.260. The number of Topliss-reactive ketones (excluding diaryl/α,β-unsaturated/α-hetero) is 1. The maximum absolute atomic E-state index is 13.3. The molecule has 1 amide bonds. The number of amides is 1. The first-order valence-corrected chi connectivity index (χ1v) is 8.21. The molecule has 2 aromatic rings. The molecule has 0 saturated heterocycles. The van der Waals surface area contributed by atoms with Crippen molar-refractivity contribution in [3.63, 3.8) is 0 Å². The highest BCUT2D eigenvalue weighted by Gasteiger charge is 2.40. The van der Waals surface area contributed by atoms with E-state index in [0.29, 0.717) is 17.7 Å². The Labute approximate surface area is 140 Å². The second-order valence-electron chi connectivity index (χ2n) is 6.37. The summed E-state index contributed by atoms with van der Waals surface area (Å²) in [5, 5.41) is 2.99. The maximum atomic E-state index is 13.3. The Kier molecular flexibility index (Phi) is 4.26. The van der Waals surface area contributed by atoms with Crippen molar-refractivity contribution < 1.29 is 14.0 Å². The maximum Gasteiger partial charge on any atom is 0.268 e. The predicted molar refractivity (Wildman–Crippen MR) is 89.9 cm³/mol. The van der Waals surface area contributed by atoms with Gasteiger partial charge in [0.25, 0.3) is 5.91 Å². The average Bonchev–Trinajstić information content (AvgIpc) is 3.20. The van der Waals surface area contributed by atoms with Crippen LogP contribution in [0.3, 0.4) is 0 Å². The van der Waals surface area contributed by atoms with Crippen LogP contribution in [0.2, 0.25) is 0 Å². The van der Waals surface area contributed by atoms with E-state index in [1.165, 1.54) is 19.1 Å². The third-order valence-electron chi connectivity index (χ3n) is 4.61. The Hall–Kier alpha value is -2.43. The zero-order chi connectivity index (χ0) is 17.4. The number of nitrogens with one attached hydrogen (secondary N) is 2. The third kappa shape index (κ3) is 2.98. The molecule has 1 saturated carbocycles. The van der Waals surface area contributed by atoms with E-state index in [1.54, 1.807) is 13.0 Å². The van der Waals surface area contributed by atoms with Crippen LogP contribution in [0.5, 0.6) is 0 Å².